The van der Waals surface area contributed by atoms with Gasteiger partial charge in [-0.3, -0.25) is 9.69 Å². The largest absolute Gasteiger partial charge is 0.480 e. The molecule has 0 bridgehead atoms. The molecule has 0 aromatic carbocycles. The Labute approximate surface area is 108 Å². The number of hydrogen-bond acceptors (Lipinski definition) is 5. The summed E-state index contributed by atoms with van der Waals surface area (Å²) in [5.41, 5.74) is 0. The average molecular weight is 278 g/mol. The molecule has 0 aromatic heterocycles. The van der Waals surface area contributed by atoms with Gasteiger partial charge >= 0.3 is 5.97 Å². The molecule has 6 nitrogen and oxygen atoms in total. The van der Waals surface area contributed by atoms with E-state index in [-0.39, 0.29) is 17.5 Å². The molecule has 0 aliphatic carbocycles. The predicted octanol–water partition coefficient (Wildman–Crippen LogP) is -0.442. The maximum atomic E-state index is 11.4. The van der Waals surface area contributed by atoms with Gasteiger partial charge in [-0.1, -0.05) is 6.92 Å². The molecule has 1 aliphatic rings. The number of carboxylic acid groups (broad SMARTS) is 1. The van der Waals surface area contributed by atoms with E-state index in [0.29, 0.717) is 19.6 Å². The molecule has 0 amide bonds. The van der Waals surface area contributed by atoms with Crippen molar-refractivity contribution in [3.63, 3.8) is 0 Å². The van der Waals surface area contributed by atoms with Gasteiger partial charge < -0.3 is 10.4 Å². The zero-order valence-electron chi connectivity index (χ0n) is 10.9. The smallest absolute Gasteiger partial charge is 0.322 e. The van der Waals surface area contributed by atoms with Crippen LogP contribution in [0.15, 0.2) is 0 Å². The first-order valence-corrected chi connectivity index (χ1v) is 8.08. The van der Waals surface area contributed by atoms with E-state index in [1.54, 1.807) is 0 Å². The molecule has 1 saturated heterocycles. The summed E-state index contributed by atoms with van der Waals surface area (Å²) in [7, 11) is -2.95. The summed E-state index contributed by atoms with van der Waals surface area (Å²) in [6.45, 7) is 5.22. The van der Waals surface area contributed by atoms with Crippen LogP contribution in [0.25, 0.3) is 0 Å². The van der Waals surface area contributed by atoms with Crippen LogP contribution in [0.1, 0.15) is 20.3 Å². The second-order valence-corrected chi connectivity index (χ2v) is 7.03. The minimum Gasteiger partial charge on any atom is -0.480 e. The maximum absolute atomic E-state index is 11.4. The molecule has 2 unspecified atom stereocenters. The van der Waals surface area contributed by atoms with Crippen LogP contribution in [0.2, 0.25) is 0 Å². The minimum absolute atomic E-state index is 0.117. The summed E-state index contributed by atoms with van der Waals surface area (Å²) >= 11 is 0. The second-order valence-electron chi connectivity index (χ2n) is 4.80. The van der Waals surface area contributed by atoms with Gasteiger partial charge in [0.2, 0.25) is 0 Å². The molecule has 106 valence electrons. The maximum Gasteiger partial charge on any atom is 0.322 e. The molecular weight excluding hydrogens is 256 g/mol. The normalized spacial score (nSPS) is 25.8. The van der Waals surface area contributed by atoms with E-state index >= 15 is 0 Å². The van der Waals surface area contributed by atoms with Gasteiger partial charge in [0.1, 0.15) is 6.04 Å². The highest BCUT2D eigenvalue weighted by molar-refractivity contribution is 7.91. The average Bonchev–Trinajstić information content (AvgIpc) is 2.25. The number of carbonyl (C=O) groups is 1. The van der Waals surface area contributed by atoms with Crippen LogP contribution >= 0.6 is 0 Å². The Hall–Kier alpha value is -0.660. The number of sulfone groups is 1. The van der Waals surface area contributed by atoms with E-state index in [9.17, 15) is 13.2 Å². The van der Waals surface area contributed by atoms with Crippen LogP contribution < -0.4 is 5.32 Å². The Balaban J connectivity index is 2.56. The van der Waals surface area contributed by atoms with Crippen molar-refractivity contribution >= 4 is 15.8 Å². The highest BCUT2D eigenvalue weighted by Gasteiger charge is 2.31. The first-order chi connectivity index (χ1) is 8.35. The lowest BCUT2D eigenvalue weighted by Crippen LogP contribution is -2.54. The predicted molar refractivity (Wildman–Crippen MR) is 69.4 cm³/mol. The Morgan fingerprint density at radius 3 is 2.72 bits per heavy atom. The van der Waals surface area contributed by atoms with Crippen molar-refractivity contribution in [1.29, 1.82) is 0 Å². The third-order valence-electron chi connectivity index (χ3n) is 3.16. The summed E-state index contributed by atoms with van der Waals surface area (Å²) in [4.78, 5) is 13.0. The van der Waals surface area contributed by atoms with Gasteiger partial charge in [0.05, 0.1) is 11.5 Å². The molecule has 1 fully saturated rings. The molecule has 2 N–H and O–H groups in total. The van der Waals surface area contributed by atoms with Crippen molar-refractivity contribution in [3.8, 4) is 0 Å². The van der Waals surface area contributed by atoms with Crippen molar-refractivity contribution in [2.75, 3.05) is 31.1 Å². The summed E-state index contributed by atoms with van der Waals surface area (Å²) in [6.07, 6.45) is 0.869. The molecule has 1 aliphatic heterocycles. The van der Waals surface area contributed by atoms with Gasteiger partial charge in [-0.25, -0.2) is 8.42 Å². The minimum atomic E-state index is -2.95. The first kappa shape index (κ1) is 15.4. The highest BCUT2D eigenvalue weighted by Crippen LogP contribution is 2.11. The molecule has 7 heteroatoms. The summed E-state index contributed by atoms with van der Waals surface area (Å²) in [5, 5.41) is 12.1. The van der Waals surface area contributed by atoms with Gasteiger partial charge in [0.25, 0.3) is 0 Å². The van der Waals surface area contributed by atoms with Crippen molar-refractivity contribution in [1.82, 2.24) is 10.2 Å². The Morgan fingerprint density at radius 2 is 2.22 bits per heavy atom. The fourth-order valence-corrected chi connectivity index (χ4v) is 3.71. The lowest BCUT2D eigenvalue weighted by atomic mass is 10.2. The van der Waals surface area contributed by atoms with Crippen LogP contribution in [-0.4, -0.2) is 67.6 Å². The molecule has 1 rings (SSSR count). The number of nitrogens with one attached hydrogen (secondary N) is 1. The lowest BCUT2D eigenvalue weighted by molar-refractivity contribution is -0.140. The number of aliphatic carboxylic acids is 1. The van der Waals surface area contributed by atoms with Crippen molar-refractivity contribution < 1.29 is 18.3 Å². The standard InChI is InChI=1S/C11H22N2O4S/c1-3-4-12-10(11(14)15)7-13-5-6-18(16,17)8-9(13)2/h9-10,12H,3-8H2,1-2H3,(H,14,15). The van der Waals surface area contributed by atoms with Crippen LogP contribution in [0.4, 0.5) is 0 Å². The van der Waals surface area contributed by atoms with E-state index in [2.05, 4.69) is 5.32 Å². The quantitative estimate of drug-likeness (QED) is 0.685. The molecule has 1 heterocycles. The van der Waals surface area contributed by atoms with Crippen LogP contribution in [0.5, 0.6) is 0 Å². The SMILES string of the molecule is CCCNC(CN1CCS(=O)(=O)CC1C)C(=O)O. The van der Waals surface area contributed by atoms with Crippen molar-refractivity contribution in [3.05, 3.63) is 0 Å². The molecule has 0 aromatic rings. The van der Waals surface area contributed by atoms with E-state index in [1.165, 1.54) is 0 Å². The molecule has 18 heavy (non-hydrogen) atoms. The summed E-state index contributed by atoms with van der Waals surface area (Å²) in [6, 6.07) is -0.748. The van der Waals surface area contributed by atoms with Crippen LogP contribution in [0, 0.1) is 0 Å². The van der Waals surface area contributed by atoms with Gasteiger partial charge in [-0.15, -0.1) is 0 Å². The number of nitrogens with zero attached hydrogens (tertiary/aromatic N) is 1. The fourth-order valence-electron chi connectivity index (χ4n) is 2.09. The number of carboxylic acids is 1. The molecule has 0 saturated carbocycles. The molecule has 0 radical (unpaired) electrons. The van der Waals surface area contributed by atoms with Crippen LogP contribution in [-0.2, 0) is 14.6 Å². The fraction of sp³-hybridized carbons (Fsp3) is 0.909. The van der Waals surface area contributed by atoms with Gasteiger partial charge in [-0.05, 0) is 19.9 Å². The van der Waals surface area contributed by atoms with E-state index in [1.807, 2.05) is 18.7 Å². The number of hydrogen-bond donors (Lipinski definition) is 2. The molecular formula is C11H22N2O4S. The number of rotatable bonds is 6. The topological polar surface area (TPSA) is 86.7 Å². The van der Waals surface area contributed by atoms with Crippen molar-refractivity contribution in [2.24, 2.45) is 0 Å². The Kier molecular flexibility index (Phi) is 5.55. The Morgan fingerprint density at radius 1 is 1.56 bits per heavy atom. The zero-order chi connectivity index (χ0) is 13.8. The zero-order valence-corrected chi connectivity index (χ0v) is 11.7. The molecule has 2 atom stereocenters. The molecule has 0 spiro atoms. The third kappa shape index (κ3) is 4.55. The Bertz CT molecular complexity index is 383. The monoisotopic (exact) mass is 278 g/mol. The lowest BCUT2D eigenvalue weighted by Gasteiger charge is -2.34. The van der Waals surface area contributed by atoms with E-state index < -0.39 is 21.8 Å². The van der Waals surface area contributed by atoms with Crippen LogP contribution in [0.3, 0.4) is 0 Å². The highest BCUT2D eigenvalue weighted by atomic mass is 32.2. The van der Waals surface area contributed by atoms with Gasteiger partial charge in [0, 0.05) is 19.1 Å². The second kappa shape index (κ2) is 6.49. The third-order valence-corrected chi connectivity index (χ3v) is 4.96. The van der Waals surface area contributed by atoms with Gasteiger partial charge in [-0.2, -0.15) is 0 Å². The van der Waals surface area contributed by atoms with Crippen molar-refractivity contribution in [2.45, 2.75) is 32.4 Å². The first-order valence-electron chi connectivity index (χ1n) is 6.26. The van der Waals surface area contributed by atoms with E-state index in [4.69, 9.17) is 5.11 Å². The van der Waals surface area contributed by atoms with Gasteiger partial charge in [0.15, 0.2) is 9.84 Å². The van der Waals surface area contributed by atoms with E-state index in [0.717, 1.165) is 6.42 Å². The summed E-state index contributed by atoms with van der Waals surface area (Å²) in [5.74, 6) is -0.644. The summed E-state index contributed by atoms with van der Waals surface area (Å²) < 4.78 is 22.9.